The van der Waals surface area contributed by atoms with E-state index in [2.05, 4.69) is 66.5 Å². The summed E-state index contributed by atoms with van der Waals surface area (Å²) in [6, 6.07) is 10.8. The summed E-state index contributed by atoms with van der Waals surface area (Å²) in [5, 5.41) is 27.4. The van der Waals surface area contributed by atoms with E-state index in [9.17, 15) is 19.2 Å². The molecule has 0 atom stereocenters. The van der Waals surface area contributed by atoms with Gasteiger partial charge in [-0.1, -0.05) is 37.3 Å². The van der Waals surface area contributed by atoms with Crippen molar-refractivity contribution in [3.05, 3.63) is 35.9 Å². The Labute approximate surface area is 199 Å². The third-order valence-electron chi connectivity index (χ3n) is 6.48. The second-order valence-corrected chi connectivity index (χ2v) is 9.32. The smallest absolute Gasteiger partial charge is 0.346 e. The third kappa shape index (κ3) is 8.75. The minimum Gasteiger partial charge on any atom is -0.481 e. The van der Waals surface area contributed by atoms with Gasteiger partial charge in [-0.3, -0.25) is 19.3 Å². The van der Waals surface area contributed by atoms with Crippen molar-refractivity contribution < 1.29 is 39.5 Å². The molecule has 2 rings (SSSR count). The average Bonchev–Trinajstić information content (AvgIpc) is 2.78. The summed E-state index contributed by atoms with van der Waals surface area (Å²) in [6.07, 6.45) is 3.18. The lowest BCUT2D eigenvalue weighted by molar-refractivity contribution is -0.239. The van der Waals surface area contributed by atoms with Crippen LogP contribution in [0.25, 0.3) is 0 Å². The summed E-state index contributed by atoms with van der Waals surface area (Å²) < 4.78 is 0. The van der Waals surface area contributed by atoms with Gasteiger partial charge in [-0.15, -0.1) is 0 Å². The molecule has 1 aromatic carbocycles. The van der Waals surface area contributed by atoms with Crippen molar-refractivity contribution >= 4 is 23.8 Å². The van der Waals surface area contributed by atoms with Gasteiger partial charge in [0.15, 0.2) is 0 Å². The van der Waals surface area contributed by atoms with Gasteiger partial charge in [-0.25, -0.2) is 4.79 Å². The molecule has 0 spiro atoms. The summed E-state index contributed by atoms with van der Waals surface area (Å²) in [5.41, 5.74) is 1.77. The van der Waals surface area contributed by atoms with Crippen molar-refractivity contribution in [2.24, 2.45) is 11.3 Å². The third-order valence-corrected chi connectivity index (χ3v) is 6.48. The molecular formula is C24H36N2O8. The first kappa shape index (κ1) is 29.1. The van der Waals surface area contributed by atoms with Gasteiger partial charge in [-0.2, -0.15) is 5.26 Å². The fraction of sp³-hybridized carbons (Fsp3) is 0.583. The standard InChI is InChI=1S/C18H28N2O.C6H8O7/c1-15(21)19-14-17(2)10-12-18(13-11-17,20(3)4)16-8-6-5-7-9-16;7-4(8)1-3(2-5(9)10)6(11)13-12/h5-9H,10-14H2,1-4H3,(H,19,21);3,12H,1-2H2,(H,7,8)(H,9,10). The predicted molar refractivity (Wildman–Crippen MR) is 124 cm³/mol. The lowest BCUT2D eigenvalue weighted by atomic mass is 9.65. The van der Waals surface area contributed by atoms with Crippen LogP contribution in [-0.2, 0) is 29.6 Å². The Morgan fingerprint density at radius 1 is 1.00 bits per heavy atom. The number of carbonyl (C=O) groups is 4. The number of hydrogen-bond donors (Lipinski definition) is 4. The van der Waals surface area contributed by atoms with Gasteiger partial charge in [0.25, 0.3) is 0 Å². The fourth-order valence-electron chi connectivity index (χ4n) is 4.26. The van der Waals surface area contributed by atoms with Crippen molar-refractivity contribution in [1.29, 1.82) is 0 Å². The summed E-state index contributed by atoms with van der Waals surface area (Å²) >= 11 is 0. The summed E-state index contributed by atoms with van der Waals surface area (Å²) in [6.45, 7) is 4.69. The maximum absolute atomic E-state index is 11.2. The number of hydrogen-bond acceptors (Lipinski definition) is 7. The Morgan fingerprint density at radius 3 is 1.88 bits per heavy atom. The van der Waals surface area contributed by atoms with E-state index in [1.54, 1.807) is 6.92 Å². The van der Waals surface area contributed by atoms with Crippen LogP contribution in [0.4, 0.5) is 0 Å². The van der Waals surface area contributed by atoms with Crippen molar-refractivity contribution in [1.82, 2.24) is 10.2 Å². The highest BCUT2D eigenvalue weighted by atomic mass is 17.1. The highest BCUT2D eigenvalue weighted by Crippen LogP contribution is 2.47. The van der Waals surface area contributed by atoms with Gasteiger partial charge in [0.2, 0.25) is 5.91 Å². The molecule has 0 aliphatic heterocycles. The van der Waals surface area contributed by atoms with Crippen LogP contribution in [0.15, 0.2) is 30.3 Å². The Morgan fingerprint density at radius 2 is 1.50 bits per heavy atom. The van der Waals surface area contributed by atoms with E-state index in [4.69, 9.17) is 15.5 Å². The van der Waals surface area contributed by atoms with Crippen molar-refractivity contribution in [3.63, 3.8) is 0 Å². The number of aliphatic carboxylic acids is 2. The van der Waals surface area contributed by atoms with Gasteiger partial charge in [-0.05, 0) is 50.8 Å². The Kier molecular flexibility index (Phi) is 11.1. The number of carbonyl (C=O) groups excluding carboxylic acids is 2. The van der Waals surface area contributed by atoms with E-state index >= 15 is 0 Å². The van der Waals surface area contributed by atoms with Gasteiger partial charge >= 0.3 is 17.9 Å². The van der Waals surface area contributed by atoms with Crippen LogP contribution in [0.3, 0.4) is 0 Å². The number of carboxylic acids is 2. The minimum absolute atomic E-state index is 0.0729. The van der Waals surface area contributed by atoms with Crippen molar-refractivity contribution in [3.8, 4) is 0 Å². The lowest BCUT2D eigenvalue weighted by Crippen LogP contribution is -2.48. The van der Waals surface area contributed by atoms with E-state index in [1.165, 1.54) is 5.56 Å². The molecule has 1 amide bonds. The quantitative estimate of drug-likeness (QED) is 0.308. The molecule has 0 unspecified atom stereocenters. The largest absolute Gasteiger partial charge is 0.481 e. The summed E-state index contributed by atoms with van der Waals surface area (Å²) in [4.78, 5) is 47.6. The second kappa shape index (κ2) is 13.0. The molecule has 1 aromatic rings. The topological polar surface area (TPSA) is 153 Å². The van der Waals surface area contributed by atoms with Crippen LogP contribution in [0.1, 0.15) is 57.9 Å². The maximum atomic E-state index is 11.2. The molecule has 190 valence electrons. The molecule has 0 saturated heterocycles. The van der Waals surface area contributed by atoms with Crippen molar-refractivity contribution in [2.75, 3.05) is 20.6 Å². The number of nitrogens with zero attached hydrogens (tertiary/aromatic N) is 1. The lowest BCUT2D eigenvalue weighted by Gasteiger charge is -2.49. The second-order valence-electron chi connectivity index (χ2n) is 9.32. The highest BCUT2D eigenvalue weighted by Gasteiger charge is 2.42. The maximum Gasteiger partial charge on any atom is 0.346 e. The Hall–Kier alpha value is -2.98. The summed E-state index contributed by atoms with van der Waals surface area (Å²) in [7, 11) is 4.37. The van der Waals surface area contributed by atoms with Crippen LogP contribution in [0.5, 0.6) is 0 Å². The highest BCUT2D eigenvalue weighted by molar-refractivity contribution is 5.83. The zero-order chi connectivity index (χ0) is 25.9. The van der Waals surface area contributed by atoms with E-state index in [-0.39, 0.29) is 16.9 Å². The first-order valence-corrected chi connectivity index (χ1v) is 11.1. The molecule has 0 bridgehead atoms. The normalized spacial score (nSPS) is 21.9. The first-order chi connectivity index (χ1) is 15.8. The van der Waals surface area contributed by atoms with Gasteiger partial charge in [0.05, 0.1) is 18.8 Å². The minimum atomic E-state index is -1.36. The molecule has 1 aliphatic carbocycles. The molecular weight excluding hydrogens is 444 g/mol. The fourth-order valence-corrected chi connectivity index (χ4v) is 4.26. The van der Waals surface area contributed by atoms with E-state index in [0.29, 0.717) is 0 Å². The average molecular weight is 481 g/mol. The van der Waals surface area contributed by atoms with Crippen LogP contribution in [0.2, 0.25) is 0 Å². The molecule has 10 heteroatoms. The molecule has 1 saturated carbocycles. The van der Waals surface area contributed by atoms with E-state index < -0.39 is 36.7 Å². The molecule has 0 aromatic heterocycles. The van der Waals surface area contributed by atoms with Gasteiger partial charge < -0.3 is 20.4 Å². The van der Waals surface area contributed by atoms with E-state index in [1.807, 2.05) is 0 Å². The number of benzene rings is 1. The van der Waals surface area contributed by atoms with Crippen LogP contribution in [-0.4, -0.2) is 64.8 Å². The monoisotopic (exact) mass is 480 g/mol. The zero-order valence-electron chi connectivity index (χ0n) is 20.2. The molecule has 4 N–H and O–H groups in total. The number of amides is 1. The Balaban J connectivity index is 0.000000385. The number of nitrogens with one attached hydrogen (secondary N) is 1. The molecule has 10 nitrogen and oxygen atoms in total. The Bertz CT molecular complexity index is 817. The predicted octanol–water partition coefficient (Wildman–Crippen LogP) is 2.73. The van der Waals surface area contributed by atoms with Gasteiger partial charge in [0.1, 0.15) is 0 Å². The molecule has 0 radical (unpaired) electrons. The molecule has 1 fully saturated rings. The number of carboxylic acid groups (broad SMARTS) is 2. The SMILES string of the molecule is CC(=O)NCC1(C)CCC(c2ccccc2)(N(C)C)CC1.O=C(O)CC(CC(=O)O)C(=O)OO. The van der Waals surface area contributed by atoms with E-state index in [0.717, 1.165) is 32.2 Å². The zero-order valence-corrected chi connectivity index (χ0v) is 20.2. The molecule has 34 heavy (non-hydrogen) atoms. The number of rotatable bonds is 9. The van der Waals surface area contributed by atoms with Gasteiger partial charge in [0, 0.05) is 19.0 Å². The van der Waals surface area contributed by atoms with Crippen LogP contribution in [0, 0.1) is 11.3 Å². The first-order valence-electron chi connectivity index (χ1n) is 11.1. The van der Waals surface area contributed by atoms with Crippen LogP contribution < -0.4 is 5.32 Å². The molecule has 1 aliphatic rings. The summed E-state index contributed by atoms with van der Waals surface area (Å²) in [5.74, 6) is -5.22. The molecule has 0 heterocycles. The van der Waals surface area contributed by atoms with Crippen molar-refractivity contribution in [2.45, 2.75) is 57.9 Å². The van der Waals surface area contributed by atoms with Crippen LogP contribution >= 0.6 is 0 Å².